The quantitative estimate of drug-likeness (QED) is 0.859. The van der Waals surface area contributed by atoms with E-state index in [-0.39, 0.29) is 30.5 Å². The molecule has 3 heterocycles. The Labute approximate surface area is 120 Å². The minimum absolute atomic E-state index is 0.0798. The molecule has 2 bridgehead atoms. The van der Waals surface area contributed by atoms with E-state index in [1.54, 1.807) is 0 Å². The van der Waals surface area contributed by atoms with Gasteiger partial charge in [-0.05, 0) is 26.0 Å². The SMILES string of the molecule is CN1C2COCC1CC(O)(c1cccnc1C(F)(F)F)C2. The number of likely N-dealkylation sites (N-methyl/N-ethyl adjacent to an activating group) is 1. The molecule has 2 saturated heterocycles. The zero-order chi connectivity index (χ0) is 15.3. The zero-order valence-corrected chi connectivity index (χ0v) is 11.6. The summed E-state index contributed by atoms with van der Waals surface area (Å²) in [5, 5.41) is 10.9. The summed E-state index contributed by atoms with van der Waals surface area (Å²) in [7, 11) is 1.92. The molecule has 4 nitrogen and oxygen atoms in total. The maximum Gasteiger partial charge on any atom is 0.433 e. The third kappa shape index (κ3) is 2.54. The number of pyridine rings is 1. The summed E-state index contributed by atoms with van der Waals surface area (Å²) in [5.74, 6) is 0. The number of piperidine rings is 1. The van der Waals surface area contributed by atoms with Gasteiger partial charge in [0.15, 0.2) is 0 Å². The first-order valence-corrected chi connectivity index (χ1v) is 6.86. The molecule has 21 heavy (non-hydrogen) atoms. The molecular weight excluding hydrogens is 285 g/mol. The first kappa shape index (κ1) is 14.7. The third-order valence-electron chi connectivity index (χ3n) is 4.50. The number of morpholine rings is 1. The van der Waals surface area contributed by atoms with Crippen LogP contribution in [0.1, 0.15) is 24.1 Å². The van der Waals surface area contributed by atoms with Crippen LogP contribution in [0.5, 0.6) is 0 Å². The minimum atomic E-state index is -4.57. The van der Waals surface area contributed by atoms with Crippen LogP contribution in [0.15, 0.2) is 18.3 Å². The van der Waals surface area contributed by atoms with Crippen molar-refractivity contribution in [3.63, 3.8) is 0 Å². The molecule has 0 saturated carbocycles. The Hall–Kier alpha value is -1.18. The number of alkyl halides is 3. The largest absolute Gasteiger partial charge is 0.433 e. The highest BCUT2D eigenvalue weighted by atomic mass is 19.4. The Morgan fingerprint density at radius 2 is 1.95 bits per heavy atom. The topological polar surface area (TPSA) is 45.6 Å². The van der Waals surface area contributed by atoms with E-state index in [2.05, 4.69) is 9.88 Å². The molecule has 2 unspecified atom stereocenters. The van der Waals surface area contributed by atoms with Gasteiger partial charge in [0.25, 0.3) is 0 Å². The lowest BCUT2D eigenvalue weighted by molar-refractivity contribution is -0.156. The van der Waals surface area contributed by atoms with Gasteiger partial charge in [0, 0.05) is 23.8 Å². The Bertz CT molecular complexity index is 521. The first-order valence-electron chi connectivity index (χ1n) is 6.86. The van der Waals surface area contributed by atoms with E-state index in [1.807, 2.05) is 7.05 Å². The number of hydrogen-bond acceptors (Lipinski definition) is 4. The number of rotatable bonds is 1. The van der Waals surface area contributed by atoms with Gasteiger partial charge in [-0.1, -0.05) is 6.07 Å². The van der Waals surface area contributed by atoms with Crippen molar-refractivity contribution >= 4 is 0 Å². The van der Waals surface area contributed by atoms with E-state index >= 15 is 0 Å². The summed E-state index contributed by atoms with van der Waals surface area (Å²) in [4.78, 5) is 5.54. The lowest BCUT2D eigenvalue weighted by Gasteiger charge is -2.50. The molecule has 0 radical (unpaired) electrons. The lowest BCUT2D eigenvalue weighted by Crippen LogP contribution is -2.59. The molecule has 2 atom stereocenters. The average molecular weight is 302 g/mol. The summed E-state index contributed by atoms with van der Waals surface area (Å²) in [6.45, 7) is 0.855. The molecule has 0 aliphatic carbocycles. The van der Waals surface area contributed by atoms with Crippen LogP contribution < -0.4 is 0 Å². The van der Waals surface area contributed by atoms with E-state index in [4.69, 9.17) is 4.74 Å². The van der Waals surface area contributed by atoms with Gasteiger partial charge in [0.1, 0.15) is 5.69 Å². The van der Waals surface area contributed by atoms with Crippen molar-refractivity contribution in [2.75, 3.05) is 20.3 Å². The van der Waals surface area contributed by atoms with Gasteiger partial charge < -0.3 is 9.84 Å². The molecule has 0 amide bonds. The van der Waals surface area contributed by atoms with Gasteiger partial charge in [-0.15, -0.1) is 0 Å². The van der Waals surface area contributed by atoms with E-state index in [1.165, 1.54) is 12.1 Å². The van der Waals surface area contributed by atoms with Crippen LogP contribution in [-0.2, 0) is 16.5 Å². The highest BCUT2D eigenvalue weighted by molar-refractivity contribution is 5.30. The summed E-state index contributed by atoms with van der Waals surface area (Å²) in [5.41, 5.74) is -2.62. The number of aromatic nitrogens is 1. The highest BCUT2D eigenvalue weighted by Gasteiger charge is 2.49. The fraction of sp³-hybridized carbons (Fsp3) is 0.643. The molecule has 3 rings (SSSR count). The standard InChI is InChI=1S/C14H17F3N2O2/c1-19-9-5-13(20,6-10(19)8-21-7-9)11-3-2-4-18-12(11)14(15,16)17/h2-4,9-10,20H,5-8H2,1H3. The van der Waals surface area contributed by atoms with Gasteiger partial charge in [-0.2, -0.15) is 13.2 Å². The van der Waals surface area contributed by atoms with E-state index < -0.39 is 17.5 Å². The second-order valence-electron chi connectivity index (χ2n) is 5.85. The molecule has 2 aliphatic heterocycles. The number of fused-ring (bicyclic) bond motifs is 2. The van der Waals surface area contributed by atoms with Crippen LogP contribution in [0.4, 0.5) is 13.2 Å². The number of halogens is 3. The molecule has 2 fully saturated rings. The van der Waals surface area contributed by atoms with Crippen molar-refractivity contribution < 1.29 is 23.0 Å². The molecule has 0 spiro atoms. The van der Waals surface area contributed by atoms with Gasteiger partial charge >= 0.3 is 6.18 Å². The Balaban J connectivity index is 2.00. The van der Waals surface area contributed by atoms with Crippen LogP contribution in [0.2, 0.25) is 0 Å². The molecule has 1 aromatic heterocycles. The number of nitrogens with zero attached hydrogens (tertiary/aromatic N) is 2. The van der Waals surface area contributed by atoms with Crippen LogP contribution >= 0.6 is 0 Å². The van der Waals surface area contributed by atoms with Crippen molar-refractivity contribution in [1.29, 1.82) is 0 Å². The Kier molecular flexibility index (Phi) is 3.46. The summed E-state index contributed by atoms with van der Waals surface area (Å²) in [6.07, 6.45) is -3.03. The highest BCUT2D eigenvalue weighted by Crippen LogP contribution is 2.44. The zero-order valence-electron chi connectivity index (χ0n) is 11.6. The molecule has 1 N–H and O–H groups in total. The Morgan fingerprint density at radius 3 is 2.52 bits per heavy atom. The predicted molar refractivity (Wildman–Crippen MR) is 68.5 cm³/mol. The smallest absolute Gasteiger partial charge is 0.385 e. The van der Waals surface area contributed by atoms with Crippen molar-refractivity contribution in [1.82, 2.24) is 9.88 Å². The van der Waals surface area contributed by atoms with E-state index in [0.29, 0.717) is 13.2 Å². The third-order valence-corrected chi connectivity index (χ3v) is 4.50. The van der Waals surface area contributed by atoms with Gasteiger partial charge in [0.2, 0.25) is 0 Å². The van der Waals surface area contributed by atoms with E-state index in [9.17, 15) is 18.3 Å². The fourth-order valence-corrected chi connectivity index (χ4v) is 3.37. The van der Waals surface area contributed by atoms with Crippen molar-refractivity contribution in [3.05, 3.63) is 29.6 Å². The van der Waals surface area contributed by atoms with Gasteiger partial charge in [-0.25, -0.2) is 0 Å². The molecule has 1 aromatic rings. The second kappa shape index (κ2) is 4.93. The molecule has 2 aliphatic rings. The number of ether oxygens (including phenoxy) is 1. The second-order valence-corrected chi connectivity index (χ2v) is 5.85. The molecule has 7 heteroatoms. The molecule has 0 aromatic carbocycles. The number of hydrogen-bond donors (Lipinski definition) is 1. The summed E-state index contributed by atoms with van der Waals surface area (Å²) in [6, 6.07) is 2.61. The summed E-state index contributed by atoms with van der Waals surface area (Å²) < 4.78 is 44.8. The van der Waals surface area contributed by atoms with Gasteiger partial charge in [0.05, 0.1) is 18.8 Å². The van der Waals surface area contributed by atoms with Crippen molar-refractivity contribution in [2.45, 2.75) is 36.7 Å². The maximum atomic E-state index is 13.1. The lowest BCUT2D eigenvalue weighted by atomic mass is 9.76. The average Bonchev–Trinajstić information content (AvgIpc) is 2.40. The van der Waals surface area contributed by atoms with Crippen LogP contribution in [0.25, 0.3) is 0 Å². The molecule has 116 valence electrons. The van der Waals surface area contributed by atoms with Crippen molar-refractivity contribution in [2.24, 2.45) is 0 Å². The van der Waals surface area contributed by atoms with Crippen LogP contribution in [-0.4, -0.2) is 47.3 Å². The minimum Gasteiger partial charge on any atom is -0.385 e. The van der Waals surface area contributed by atoms with Crippen LogP contribution in [0, 0.1) is 0 Å². The summed E-state index contributed by atoms with van der Waals surface area (Å²) >= 11 is 0. The predicted octanol–water partition coefficient (Wildman–Crippen LogP) is 1.78. The maximum absolute atomic E-state index is 13.1. The van der Waals surface area contributed by atoms with E-state index in [0.717, 1.165) is 6.20 Å². The first-order chi connectivity index (χ1) is 9.81. The van der Waals surface area contributed by atoms with Gasteiger partial charge in [-0.3, -0.25) is 9.88 Å². The molecular formula is C14H17F3N2O2. The van der Waals surface area contributed by atoms with Crippen molar-refractivity contribution in [3.8, 4) is 0 Å². The fourth-order valence-electron chi connectivity index (χ4n) is 3.37. The Morgan fingerprint density at radius 1 is 1.33 bits per heavy atom. The number of aliphatic hydroxyl groups is 1. The normalized spacial score (nSPS) is 34.0. The van der Waals surface area contributed by atoms with Crippen LogP contribution in [0.3, 0.4) is 0 Å². The monoisotopic (exact) mass is 302 g/mol.